The van der Waals surface area contributed by atoms with Crippen molar-refractivity contribution in [2.24, 2.45) is 5.41 Å². The van der Waals surface area contributed by atoms with Gasteiger partial charge < -0.3 is 15.2 Å². The number of carboxylic acids is 1. The number of carboxylic acid groups (broad SMARTS) is 1. The Bertz CT molecular complexity index is 417. The number of aliphatic carboxylic acids is 1. The van der Waals surface area contributed by atoms with Crippen molar-refractivity contribution in [1.29, 1.82) is 0 Å². The Balaban J connectivity index is 2.33. The van der Waals surface area contributed by atoms with Gasteiger partial charge in [-0.3, -0.25) is 0 Å². The van der Waals surface area contributed by atoms with Crippen LogP contribution in [0.3, 0.4) is 0 Å². The SMILES string of the molecule is CCCC(OCC(C)(C)CNCc1ccccc1)C(=O)O. The van der Waals surface area contributed by atoms with E-state index >= 15 is 0 Å². The zero-order valence-corrected chi connectivity index (χ0v) is 13.3. The molecule has 0 aliphatic heterocycles. The molecule has 1 aromatic rings. The zero-order valence-electron chi connectivity index (χ0n) is 13.3. The van der Waals surface area contributed by atoms with Crippen molar-refractivity contribution in [1.82, 2.24) is 5.32 Å². The molecule has 0 heterocycles. The minimum Gasteiger partial charge on any atom is -0.479 e. The van der Waals surface area contributed by atoms with Crippen LogP contribution in [0.15, 0.2) is 30.3 Å². The molecular formula is C17H27NO3. The van der Waals surface area contributed by atoms with Crippen molar-refractivity contribution >= 4 is 5.97 Å². The van der Waals surface area contributed by atoms with Crippen LogP contribution in [0, 0.1) is 5.41 Å². The van der Waals surface area contributed by atoms with E-state index in [0.717, 1.165) is 19.5 Å². The van der Waals surface area contributed by atoms with Gasteiger partial charge in [0.05, 0.1) is 6.61 Å². The number of hydrogen-bond donors (Lipinski definition) is 2. The van der Waals surface area contributed by atoms with Crippen LogP contribution in [-0.4, -0.2) is 30.3 Å². The molecule has 0 aliphatic carbocycles. The predicted octanol–water partition coefficient (Wildman–Crippen LogP) is 3.07. The highest BCUT2D eigenvalue weighted by Crippen LogP contribution is 2.17. The number of nitrogens with one attached hydrogen (secondary N) is 1. The third-order valence-corrected chi connectivity index (χ3v) is 3.28. The number of carbonyl (C=O) groups is 1. The molecule has 0 saturated carbocycles. The monoisotopic (exact) mass is 293 g/mol. The molecule has 0 bridgehead atoms. The van der Waals surface area contributed by atoms with Gasteiger partial charge in [0, 0.05) is 18.5 Å². The highest BCUT2D eigenvalue weighted by Gasteiger charge is 2.23. The summed E-state index contributed by atoms with van der Waals surface area (Å²) >= 11 is 0. The maximum Gasteiger partial charge on any atom is 0.332 e. The molecule has 4 nitrogen and oxygen atoms in total. The first-order chi connectivity index (χ1) is 9.94. The molecule has 0 spiro atoms. The molecule has 2 N–H and O–H groups in total. The molecule has 4 heteroatoms. The molecule has 1 atom stereocenters. The van der Waals surface area contributed by atoms with Gasteiger partial charge in [0.25, 0.3) is 0 Å². The van der Waals surface area contributed by atoms with Crippen molar-refractivity contribution in [3.05, 3.63) is 35.9 Å². The lowest BCUT2D eigenvalue weighted by Crippen LogP contribution is -2.36. The topological polar surface area (TPSA) is 58.6 Å². The number of rotatable bonds is 10. The zero-order chi connectivity index (χ0) is 15.7. The van der Waals surface area contributed by atoms with Crippen molar-refractivity contribution < 1.29 is 14.6 Å². The number of hydrogen-bond acceptors (Lipinski definition) is 3. The number of benzene rings is 1. The first kappa shape index (κ1) is 17.7. The van der Waals surface area contributed by atoms with Gasteiger partial charge in [-0.1, -0.05) is 57.5 Å². The van der Waals surface area contributed by atoms with Gasteiger partial charge in [-0.25, -0.2) is 4.79 Å². The summed E-state index contributed by atoms with van der Waals surface area (Å²) in [4.78, 5) is 11.1. The highest BCUT2D eigenvalue weighted by atomic mass is 16.5. The quantitative estimate of drug-likeness (QED) is 0.696. The van der Waals surface area contributed by atoms with E-state index in [9.17, 15) is 4.79 Å². The van der Waals surface area contributed by atoms with E-state index in [2.05, 4.69) is 31.3 Å². The van der Waals surface area contributed by atoms with E-state index < -0.39 is 12.1 Å². The van der Waals surface area contributed by atoms with E-state index in [0.29, 0.717) is 13.0 Å². The Labute approximate surface area is 127 Å². The molecule has 21 heavy (non-hydrogen) atoms. The molecule has 0 amide bonds. The maximum absolute atomic E-state index is 11.1. The highest BCUT2D eigenvalue weighted by molar-refractivity contribution is 5.72. The molecular weight excluding hydrogens is 266 g/mol. The van der Waals surface area contributed by atoms with Gasteiger partial charge in [-0.2, -0.15) is 0 Å². The summed E-state index contributed by atoms with van der Waals surface area (Å²) < 4.78 is 5.57. The van der Waals surface area contributed by atoms with E-state index in [1.165, 1.54) is 5.56 Å². The minimum absolute atomic E-state index is 0.101. The van der Waals surface area contributed by atoms with Crippen LogP contribution < -0.4 is 5.32 Å². The molecule has 1 aromatic carbocycles. The Hall–Kier alpha value is -1.39. The van der Waals surface area contributed by atoms with Crippen molar-refractivity contribution in [2.75, 3.05) is 13.2 Å². The first-order valence-corrected chi connectivity index (χ1v) is 7.53. The smallest absolute Gasteiger partial charge is 0.332 e. The lowest BCUT2D eigenvalue weighted by atomic mass is 9.94. The van der Waals surface area contributed by atoms with Gasteiger partial charge in [0.15, 0.2) is 6.10 Å². The second-order valence-electron chi connectivity index (χ2n) is 6.18. The van der Waals surface area contributed by atoms with Crippen LogP contribution in [0.2, 0.25) is 0 Å². The Kier molecular flexibility index (Phi) is 7.40. The van der Waals surface area contributed by atoms with Crippen molar-refractivity contribution in [3.8, 4) is 0 Å². The van der Waals surface area contributed by atoms with Gasteiger partial charge in [-0.15, -0.1) is 0 Å². The van der Waals surface area contributed by atoms with E-state index in [1.807, 2.05) is 25.1 Å². The normalized spacial score (nSPS) is 13.1. The summed E-state index contributed by atoms with van der Waals surface area (Å²) in [6, 6.07) is 10.2. The van der Waals surface area contributed by atoms with Crippen LogP contribution in [0.25, 0.3) is 0 Å². The maximum atomic E-state index is 11.1. The minimum atomic E-state index is -0.870. The largest absolute Gasteiger partial charge is 0.479 e. The Morgan fingerprint density at radius 1 is 1.33 bits per heavy atom. The summed E-state index contributed by atoms with van der Waals surface area (Å²) in [5.41, 5.74) is 1.14. The fourth-order valence-corrected chi connectivity index (χ4v) is 2.06. The second kappa shape index (κ2) is 8.80. The lowest BCUT2D eigenvalue weighted by Gasteiger charge is -2.26. The summed E-state index contributed by atoms with van der Waals surface area (Å²) in [6.07, 6.45) is 0.676. The van der Waals surface area contributed by atoms with E-state index in [4.69, 9.17) is 9.84 Å². The summed E-state index contributed by atoms with van der Waals surface area (Å²) in [7, 11) is 0. The Morgan fingerprint density at radius 2 is 2.00 bits per heavy atom. The summed E-state index contributed by atoms with van der Waals surface area (Å²) in [6.45, 7) is 8.14. The summed E-state index contributed by atoms with van der Waals surface area (Å²) in [5.74, 6) is -0.870. The van der Waals surface area contributed by atoms with Gasteiger partial charge >= 0.3 is 5.97 Å². The lowest BCUT2D eigenvalue weighted by molar-refractivity contribution is -0.152. The molecule has 118 valence electrons. The average molecular weight is 293 g/mol. The van der Waals surface area contributed by atoms with Gasteiger partial charge in [0.1, 0.15) is 0 Å². The van der Waals surface area contributed by atoms with Crippen LogP contribution in [-0.2, 0) is 16.1 Å². The molecule has 0 saturated heterocycles. The van der Waals surface area contributed by atoms with E-state index in [-0.39, 0.29) is 5.41 Å². The standard InChI is InChI=1S/C17H27NO3/c1-4-8-15(16(19)20)21-13-17(2,3)12-18-11-14-9-6-5-7-10-14/h5-7,9-10,15,18H,4,8,11-13H2,1-3H3,(H,19,20). The second-order valence-corrected chi connectivity index (χ2v) is 6.18. The van der Waals surface area contributed by atoms with Gasteiger partial charge in [-0.05, 0) is 12.0 Å². The summed E-state index contributed by atoms with van der Waals surface area (Å²) in [5, 5.41) is 12.5. The van der Waals surface area contributed by atoms with Gasteiger partial charge in [0.2, 0.25) is 0 Å². The molecule has 1 unspecified atom stereocenters. The third-order valence-electron chi connectivity index (χ3n) is 3.28. The number of ether oxygens (including phenoxy) is 1. The van der Waals surface area contributed by atoms with Crippen LogP contribution in [0.4, 0.5) is 0 Å². The van der Waals surface area contributed by atoms with Crippen molar-refractivity contribution in [3.63, 3.8) is 0 Å². The third kappa shape index (κ3) is 7.25. The average Bonchev–Trinajstić information content (AvgIpc) is 2.44. The van der Waals surface area contributed by atoms with Crippen LogP contribution in [0.5, 0.6) is 0 Å². The molecule has 0 radical (unpaired) electrons. The molecule has 1 rings (SSSR count). The van der Waals surface area contributed by atoms with Crippen molar-refractivity contribution in [2.45, 2.75) is 46.3 Å². The molecule has 0 aromatic heterocycles. The fourth-order valence-electron chi connectivity index (χ4n) is 2.06. The van der Waals surface area contributed by atoms with Crippen LogP contribution in [0.1, 0.15) is 39.2 Å². The fraction of sp³-hybridized carbons (Fsp3) is 0.588. The van der Waals surface area contributed by atoms with Crippen LogP contribution >= 0.6 is 0 Å². The molecule has 0 fully saturated rings. The molecule has 0 aliphatic rings. The van der Waals surface area contributed by atoms with E-state index in [1.54, 1.807) is 0 Å². The predicted molar refractivity (Wildman–Crippen MR) is 84.2 cm³/mol. The first-order valence-electron chi connectivity index (χ1n) is 7.53. The Morgan fingerprint density at radius 3 is 2.57 bits per heavy atom.